The van der Waals surface area contributed by atoms with E-state index in [1.165, 1.54) is 12.1 Å². The summed E-state index contributed by atoms with van der Waals surface area (Å²) < 4.78 is 19.7. The van der Waals surface area contributed by atoms with Crippen LogP contribution in [0.2, 0.25) is 0 Å². The van der Waals surface area contributed by atoms with Crippen LogP contribution in [0, 0.1) is 12.7 Å². The van der Waals surface area contributed by atoms with Crippen molar-refractivity contribution in [3.05, 3.63) is 57.7 Å². The molecule has 0 fully saturated rings. The molecule has 0 aliphatic rings. The highest BCUT2D eigenvalue weighted by Crippen LogP contribution is 2.26. The molecular formula is C16H19BrFNO. The van der Waals surface area contributed by atoms with Crippen LogP contribution in [-0.4, -0.2) is 6.54 Å². The average molecular weight is 340 g/mol. The van der Waals surface area contributed by atoms with E-state index in [2.05, 4.69) is 28.2 Å². The molecule has 4 heteroatoms. The van der Waals surface area contributed by atoms with E-state index >= 15 is 0 Å². The molecule has 2 aromatic rings. The van der Waals surface area contributed by atoms with Crippen LogP contribution in [0.3, 0.4) is 0 Å². The van der Waals surface area contributed by atoms with Crippen LogP contribution in [0.1, 0.15) is 36.5 Å². The first-order chi connectivity index (χ1) is 9.60. The molecule has 2 rings (SSSR count). The molecule has 0 bridgehead atoms. The van der Waals surface area contributed by atoms with Crippen molar-refractivity contribution in [2.45, 2.75) is 32.7 Å². The van der Waals surface area contributed by atoms with Gasteiger partial charge < -0.3 is 9.73 Å². The average Bonchev–Trinajstić information content (AvgIpc) is 2.83. The SMILES string of the molecule is CCCNC(Cc1ccc(F)cc1Br)c1ccc(C)o1. The minimum absolute atomic E-state index is 0.102. The summed E-state index contributed by atoms with van der Waals surface area (Å²) in [5.41, 5.74) is 1.06. The minimum Gasteiger partial charge on any atom is -0.465 e. The topological polar surface area (TPSA) is 25.2 Å². The van der Waals surface area contributed by atoms with Gasteiger partial charge in [-0.1, -0.05) is 28.9 Å². The minimum atomic E-state index is -0.229. The molecule has 20 heavy (non-hydrogen) atoms. The van der Waals surface area contributed by atoms with Crippen LogP contribution in [0.15, 0.2) is 39.2 Å². The number of hydrogen-bond acceptors (Lipinski definition) is 2. The van der Waals surface area contributed by atoms with Crippen LogP contribution >= 0.6 is 15.9 Å². The third-order valence-corrected chi connectivity index (χ3v) is 3.92. The van der Waals surface area contributed by atoms with Gasteiger partial charge in [-0.2, -0.15) is 0 Å². The Hall–Kier alpha value is -1.13. The summed E-state index contributed by atoms with van der Waals surface area (Å²) in [6.45, 7) is 4.99. The molecule has 2 nitrogen and oxygen atoms in total. The first-order valence-corrected chi connectivity index (χ1v) is 7.63. The van der Waals surface area contributed by atoms with Crippen LogP contribution in [0.5, 0.6) is 0 Å². The lowest BCUT2D eigenvalue weighted by Crippen LogP contribution is -2.23. The van der Waals surface area contributed by atoms with Crippen LogP contribution in [-0.2, 0) is 6.42 Å². The molecule has 0 amide bonds. The Morgan fingerprint density at radius 1 is 1.30 bits per heavy atom. The van der Waals surface area contributed by atoms with Crippen molar-refractivity contribution < 1.29 is 8.81 Å². The third kappa shape index (κ3) is 3.93. The molecule has 1 atom stereocenters. The first-order valence-electron chi connectivity index (χ1n) is 6.83. The maximum Gasteiger partial charge on any atom is 0.124 e. The fourth-order valence-electron chi connectivity index (χ4n) is 2.14. The molecule has 1 aromatic heterocycles. The summed E-state index contributed by atoms with van der Waals surface area (Å²) in [4.78, 5) is 0. The monoisotopic (exact) mass is 339 g/mol. The highest BCUT2D eigenvalue weighted by Gasteiger charge is 2.16. The molecule has 108 valence electrons. The zero-order valence-electron chi connectivity index (χ0n) is 11.7. The van der Waals surface area contributed by atoms with Gasteiger partial charge in [-0.25, -0.2) is 4.39 Å². The number of halogens is 2. The molecule has 1 N–H and O–H groups in total. The van der Waals surface area contributed by atoms with Gasteiger partial charge in [-0.3, -0.25) is 0 Å². The molecule has 0 radical (unpaired) electrons. The molecule has 0 spiro atoms. The van der Waals surface area contributed by atoms with Crippen molar-refractivity contribution in [1.29, 1.82) is 0 Å². The maximum atomic E-state index is 13.1. The lowest BCUT2D eigenvalue weighted by Gasteiger charge is -2.17. The molecule has 0 saturated heterocycles. The van der Waals surface area contributed by atoms with Gasteiger partial charge in [0, 0.05) is 4.47 Å². The fourth-order valence-corrected chi connectivity index (χ4v) is 2.65. The first kappa shape index (κ1) is 15.3. The van der Waals surface area contributed by atoms with Crippen LogP contribution < -0.4 is 5.32 Å². The number of rotatable bonds is 6. The van der Waals surface area contributed by atoms with E-state index in [4.69, 9.17) is 4.42 Å². The maximum absolute atomic E-state index is 13.1. The van der Waals surface area contributed by atoms with Crippen molar-refractivity contribution in [3.63, 3.8) is 0 Å². The molecule has 1 aromatic carbocycles. The van der Waals surface area contributed by atoms with Gasteiger partial charge in [0.05, 0.1) is 6.04 Å². The van der Waals surface area contributed by atoms with Crippen molar-refractivity contribution in [2.75, 3.05) is 6.54 Å². The Morgan fingerprint density at radius 2 is 2.10 bits per heavy atom. The van der Waals surface area contributed by atoms with Crippen molar-refractivity contribution >= 4 is 15.9 Å². The quantitative estimate of drug-likeness (QED) is 0.819. The lowest BCUT2D eigenvalue weighted by atomic mass is 10.0. The van der Waals surface area contributed by atoms with Crippen LogP contribution in [0.25, 0.3) is 0 Å². The van der Waals surface area contributed by atoms with E-state index in [1.54, 1.807) is 0 Å². The summed E-state index contributed by atoms with van der Waals surface area (Å²) in [5, 5.41) is 3.48. The molecule has 0 aliphatic carbocycles. The normalized spacial score (nSPS) is 12.6. The molecule has 1 heterocycles. The number of benzene rings is 1. The van der Waals surface area contributed by atoms with Gasteiger partial charge in [0.15, 0.2) is 0 Å². The number of nitrogens with one attached hydrogen (secondary N) is 1. The Morgan fingerprint density at radius 3 is 2.70 bits per heavy atom. The highest BCUT2D eigenvalue weighted by atomic mass is 79.9. The second kappa shape index (κ2) is 7.04. The Bertz CT molecular complexity index is 567. The summed E-state index contributed by atoms with van der Waals surface area (Å²) in [6.07, 6.45) is 1.81. The predicted octanol–water partition coefficient (Wildman–Crippen LogP) is 4.77. The van der Waals surface area contributed by atoms with Crippen molar-refractivity contribution in [2.24, 2.45) is 0 Å². The second-order valence-electron chi connectivity index (χ2n) is 4.89. The Balaban J connectivity index is 2.18. The van der Waals surface area contributed by atoms with E-state index in [0.29, 0.717) is 0 Å². The largest absolute Gasteiger partial charge is 0.465 e. The van der Waals surface area contributed by atoms with Gasteiger partial charge >= 0.3 is 0 Å². The summed E-state index contributed by atoms with van der Waals surface area (Å²) in [7, 11) is 0. The van der Waals surface area contributed by atoms with Crippen molar-refractivity contribution in [1.82, 2.24) is 5.32 Å². The lowest BCUT2D eigenvalue weighted by molar-refractivity contribution is 0.398. The smallest absolute Gasteiger partial charge is 0.124 e. The Kier molecular flexibility index (Phi) is 5.38. The zero-order chi connectivity index (χ0) is 14.5. The summed E-state index contributed by atoms with van der Waals surface area (Å²) in [5.74, 6) is 1.60. The van der Waals surface area contributed by atoms with Gasteiger partial charge in [-0.15, -0.1) is 0 Å². The van der Waals surface area contributed by atoms with E-state index < -0.39 is 0 Å². The van der Waals surface area contributed by atoms with Crippen LogP contribution in [0.4, 0.5) is 4.39 Å². The Labute approximate surface area is 127 Å². The molecule has 1 unspecified atom stereocenters. The van der Waals surface area contributed by atoms with E-state index in [0.717, 1.165) is 40.9 Å². The summed E-state index contributed by atoms with van der Waals surface area (Å²) >= 11 is 3.42. The van der Waals surface area contributed by atoms with E-state index in [9.17, 15) is 4.39 Å². The van der Waals surface area contributed by atoms with Gasteiger partial charge in [0.2, 0.25) is 0 Å². The highest BCUT2D eigenvalue weighted by molar-refractivity contribution is 9.10. The number of hydrogen-bond donors (Lipinski definition) is 1. The van der Waals surface area contributed by atoms with Crippen molar-refractivity contribution in [3.8, 4) is 0 Å². The standard InChI is InChI=1S/C16H19BrFNO/c1-3-8-19-15(16-7-4-11(2)20-16)9-12-5-6-13(18)10-14(12)17/h4-7,10,15,19H,3,8-9H2,1-2H3. The van der Waals surface area contributed by atoms with E-state index in [1.807, 2.05) is 25.1 Å². The van der Waals surface area contributed by atoms with Gasteiger partial charge in [0.25, 0.3) is 0 Å². The van der Waals surface area contributed by atoms with Gasteiger partial charge in [0.1, 0.15) is 17.3 Å². The van der Waals surface area contributed by atoms with E-state index in [-0.39, 0.29) is 11.9 Å². The third-order valence-electron chi connectivity index (χ3n) is 3.18. The fraction of sp³-hybridized carbons (Fsp3) is 0.375. The number of furan rings is 1. The molecule has 0 aliphatic heterocycles. The number of aryl methyl sites for hydroxylation is 1. The predicted molar refractivity (Wildman–Crippen MR) is 82.3 cm³/mol. The zero-order valence-corrected chi connectivity index (χ0v) is 13.3. The second-order valence-corrected chi connectivity index (χ2v) is 5.75. The molecular weight excluding hydrogens is 321 g/mol. The molecule has 0 saturated carbocycles. The summed E-state index contributed by atoms with van der Waals surface area (Å²) in [6, 6.07) is 8.88. The van der Waals surface area contributed by atoms with Gasteiger partial charge in [-0.05, 0) is 56.1 Å².